The van der Waals surface area contributed by atoms with Gasteiger partial charge in [-0.05, 0) is 47.4 Å². The summed E-state index contributed by atoms with van der Waals surface area (Å²) < 4.78 is 0. The lowest BCUT2D eigenvalue weighted by Crippen LogP contribution is -2.27. The molecule has 3 aromatic carbocycles. The van der Waals surface area contributed by atoms with Gasteiger partial charge < -0.3 is 10.4 Å². The molecule has 0 aromatic heterocycles. The molecule has 0 saturated heterocycles. The molecular formula is C23H19NO3. The second-order valence-electron chi connectivity index (χ2n) is 6.07. The van der Waals surface area contributed by atoms with Gasteiger partial charge in [-0.3, -0.25) is 4.79 Å². The van der Waals surface area contributed by atoms with Crippen molar-refractivity contribution in [1.29, 1.82) is 0 Å². The van der Waals surface area contributed by atoms with Crippen LogP contribution in [0.4, 0.5) is 0 Å². The molecule has 3 rings (SSSR count). The van der Waals surface area contributed by atoms with Crippen LogP contribution >= 0.6 is 0 Å². The number of rotatable bonds is 5. The van der Waals surface area contributed by atoms with E-state index in [9.17, 15) is 14.7 Å². The van der Waals surface area contributed by atoms with E-state index in [1.165, 1.54) is 6.08 Å². The van der Waals surface area contributed by atoms with Crippen LogP contribution in [0.25, 0.3) is 17.2 Å². The van der Waals surface area contributed by atoms with Crippen LogP contribution in [0.5, 0.6) is 0 Å². The minimum Gasteiger partial charge on any atom is -0.477 e. The first-order valence-corrected chi connectivity index (χ1v) is 8.52. The Kier molecular flexibility index (Phi) is 5.47. The lowest BCUT2D eigenvalue weighted by molar-refractivity contribution is -0.132. The number of benzene rings is 3. The summed E-state index contributed by atoms with van der Waals surface area (Å²) in [5.41, 5.74) is 3.98. The quantitative estimate of drug-likeness (QED) is 0.660. The van der Waals surface area contributed by atoms with Gasteiger partial charge in [0, 0.05) is 5.56 Å². The second-order valence-corrected chi connectivity index (χ2v) is 6.07. The van der Waals surface area contributed by atoms with Gasteiger partial charge in [-0.15, -0.1) is 0 Å². The third kappa shape index (κ3) is 4.30. The zero-order valence-corrected chi connectivity index (χ0v) is 14.8. The standard InChI is InChI=1S/C23H19NO3/c1-16-19(13-8-14-20(16)17-9-4-2-5-10-17)15-21(23(26)27)24-22(25)18-11-6-3-7-12-18/h2-15H,1H3,(H,24,25)(H,26,27)/b21-15-. The molecule has 0 atom stereocenters. The summed E-state index contributed by atoms with van der Waals surface area (Å²) in [7, 11) is 0. The van der Waals surface area contributed by atoms with E-state index in [0.717, 1.165) is 22.3 Å². The molecule has 27 heavy (non-hydrogen) atoms. The molecule has 2 N–H and O–H groups in total. The lowest BCUT2D eigenvalue weighted by Gasteiger charge is -2.11. The van der Waals surface area contributed by atoms with E-state index in [2.05, 4.69) is 5.32 Å². The van der Waals surface area contributed by atoms with Crippen LogP contribution < -0.4 is 5.32 Å². The van der Waals surface area contributed by atoms with Crippen molar-refractivity contribution in [3.8, 4) is 11.1 Å². The van der Waals surface area contributed by atoms with Crippen LogP contribution in [0.15, 0.2) is 84.6 Å². The van der Waals surface area contributed by atoms with E-state index in [4.69, 9.17) is 0 Å². The summed E-state index contributed by atoms with van der Waals surface area (Å²) in [6.45, 7) is 1.94. The average Bonchev–Trinajstić information content (AvgIpc) is 2.70. The minimum absolute atomic E-state index is 0.169. The Hall–Kier alpha value is -3.66. The average molecular weight is 357 g/mol. The van der Waals surface area contributed by atoms with Gasteiger partial charge >= 0.3 is 5.97 Å². The summed E-state index contributed by atoms with van der Waals surface area (Å²) >= 11 is 0. The van der Waals surface area contributed by atoms with Crippen molar-refractivity contribution in [2.24, 2.45) is 0 Å². The summed E-state index contributed by atoms with van der Waals surface area (Å²) in [5.74, 6) is -1.65. The van der Waals surface area contributed by atoms with E-state index in [1.54, 1.807) is 30.3 Å². The van der Waals surface area contributed by atoms with Crippen molar-refractivity contribution >= 4 is 18.0 Å². The molecule has 4 nitrogen and oxygen atoms in total. The topological polar surface area (TPSA) is 66.4 Å². The molecular weight excluding hydrogens is 338 g/mol. The number of amides is 1. The number of nitrogens with one attached hydrogen (secondary N) is 1. The molecule has 0 heterocycles. The van der Waals surface area contributed by atoms with Gasteiger partial charge in [0.1, 0.15) is 5.70 Å². The van der Waals surface area contributed by atoms with Gasteiger partial charge in [-0.1, -0.05) is 66.7 Å². The third-order valence-electron chi connectivity index (χ3n) is 4.27. The molecule has 0 unspecified atom stereocenters. The molecule has 4 heteroatoms. The second kappa shape index (κ2) is 8.15. The molecule has 0 bridgehead atoms. The Labute approximate surface area is 157 Å². The van der Waals surface area contributed by atoms with Crippen molar-refractivity contribution in [3.05, 3.63) is 101 Å². The highest BCUT2D eigenvalue weighted by molar-refractivity contribution is 6.02. The van der Waals surface area contributed by atoms with Crippen molar-refractivity contribution in [3.63, 3.8) is 0 Å². The minimum atomic E-state index is -1.19. The maximum Gasteiger partial charge on any atom is 0.352 e. The highest BCUT2D eigenvalue weighted by atomic mass is 16.4. The summed E-state index contributed by atoms with van der Waals surface area (Å²) in [4.78, 5) is 24.0. The van der Waals surface area contributed by atoms with E-state index >= 15 is 0 Å². The number of carbonyl (C=O) groups is 2. The van der Waals surface area contributed by atoms with Crippen LogP contribution in [0.1, 0.15) is 21.5 Å². The van der Waals surface area contributed by atoms with Crippen LogP contribution in [0.3, 0.4) is 0 Å². The normalized spacial score (nSPS) is 11.1. The van der Waals surface area contributed by atoms with Crippen LogP contribution in [-0.2, 0) is 4.79 Å². The Morgan fingerprint density at radius 2 is 1.48 bits per heavy atom. The van der Waals surface area contributed by atoms with Crippen LogP contribution in [0.2, 0.25) is 0 Å². The first-order valence-electron chi connectivity index (χ1n) is 8.52. The van der Waals surface area contributed by atoms with Crippen LogP contribution in [0, 0.1) is 6.92 Å². The molecule has 0 spiro atoms. The maximum absolute atomic E-state index is 12.3. The lowest BCUT2D eigenvalue weighted by atomic mass is 9.96. The summed E-state index contributed by atoms with van der Waals surface area (Å²) in [6.07, 6.45) is 1.49. The Bertz CT molecular complexity index is 993. The Balaban J connectivity index is 1.95. The number of carbonyl (C=O) groups excluding carboxylic acids is 1. The fraction of sp³-hybridized carbons (Fsp3) is 0.0435. The van der Waals surface area contributed by atoms with Crippen LogP contribution in [-0.4, -0.2) is 17.0 Å². The SMILES string of the molecule is Cc1c(/C=C(\NC(=O)c2ccccc2)C(=O)O)cccc1-c1ccccc1. The highest BCUT2D eigenvalue weighted by Gasteiger charge is 2.14. The van der Waals surface area contributed by atoms with Gasteiger partial charge in [0.2, 0.25) is 0 Å². The molecule has 134 valence electrons. The molecule has 1 amide bonds. The summed E-state index contributed by atoms with van der Waals surface area (Å²) in [5, 5.41) is 12.0. The van der Waals surface area contributed by atoms with Gasteiger partial charge in [0.05, 0.1) is 0 Å². The smallest absolute Gasteiger partial charge is 0.352 e. The molecule has 0 fully saturated rings. The van der Waals surface area contributed by atoms with Crippen molar-refractivity contribution in [1.82, 2.24) is 5.32 Å². The largest absolute Gasteiger partial charge is 0.477 e. The number of carboxylic acids is 1. The zero-order valence-electron chi connectivity index (χ0n) is 14.8. The van der Waals surface area contributed by atoms with Crippen molar-refractivity contribution in [2.45, 2.75) is 6.92 Å². The van der Waals surface area contributed by atoms with Crippen molar-refractivity contribution in [2.75, 3.05) is 0 Å². The zero-order chi connectivity index (χ0) is 19.2. The van der Waals surface area contributed by atoms with Gasteiger partial charge in [0.15, 0.2) is 0 Å². The monoisotopic (exact) mass is 357 g/mol. The predicted octanol–water partition coefficient (Wildman–Crippen LogP) is 4.52. The first kappa shape index (κ1) is 18.1. The van der Waals surface area contributed by atoms with Gasteiger partial charge in [-0.2, -0.15) is 0 Å². The van der Waals surface area contributed by atoms with E-state index in [1.807, 2.05) is 55.5 Å². The molecule has 0 aliphatic carbocycles. The van der Waals surface area contributed by atoms with Gasteiger partial charge in [0.25, 0.3) is 5.91 Å². The number of hydrogen-bond acceptors (Lipinski definition) is 2. The molecule has 3 aromatic rings. The van der Waals surface area contributed by atoms with Gasteiger partial charge in [-0.25, -0.2) is 4.79 Å². The Morgan fingerprint density at radius 1 is 0.852 bits per heavy atom. The number of carboxylic acid groups (broad SMARTS) is 1. The molecule has 0 saturated carbocycles. The molecule has 0 radical (unpaired) electrons. The highest BCUT2D eigenvalue weighted by Crippen LogP contribution is 2.26. The first-order chi connectivity index (χ1) is 13.1. The predicted molar refractivity (Wildman–Crippen MR) is 106 cm³/mol. The number of hydrogen-bond donors (Lipinski definition) is 2. The van der Waals surface area contributed by atoms with Crippen molar-refractivity contribution < 1.29 is 14.7 Å². The fourth-order valence-corrected chi connectivity index (χ4v) is 2.83. The third-order valence-corrected chi connectivity index (χ3v) is 4.27. The molecule has 0 aliphatic heterocycles. The Morgan fingerprint density at radius 3 is 2.11 bits per heavy atom. The van der Waals surface area contributed by atoms with E-state index < -0.39 is 11.9 Å². The summed E-state index contributed by atoms with van der Waals surface area (Å²) in [6, 6.07) is 24.1. The fourth-order valence-electron chi connectivity index (χ4n) is 2.83. The number of aliphatic carboxylic acids is 1. The maximum atomic E-state index is 12.3. The molecule has 0 aliphatic rings. The van der Waals surface area contributed by atoms with E-state index in [-0.39, 0.29) is 5.70 Å². The van der Waals surface area contributed by atoms with E-state index in [0.29, 0.717) is 5.56 Å².